The molecule has 2 atom stereocenters. The van der Waals surface area contributed by atoms with Crippen molar-refractivity contribution in [2.75, 3.05) is 19.6 Å². The molecule has 1 saturated heterocycles. The predicted molar refractivity (Wildman–Crippen MR) is 67.0 cm³/mol. The van der Waals surface area contributed by atoms with E-state index in [9.17, 15) is 0 Å². The molecule has 0 bridgehead atoms. The second-order valence-electron chi connectivity index (χ2n) is 5.12. The molecule has 2 nitrogen and oxygen atoms in total. The third-order valence-electron chi connectivity index (χ3n) is 3.79. The van der Waals surface area contributed by atoms with Crippen molar-refractivity contribution in [3.8, 4) is 0 Å². The average Bonchev–Trinajstić information content (AvgIpc) is 2.20. The fourth-order valence-electron chi connectivity index (χ4n) is 2.28. The Morgan fingerprint density at radius 2 is 1.60 bits per heavy atom. The van der Waals surface area contributed by atoms with Gasteiger partial charge >= 0.3 is 0 Å². The first kappa shape index (κ1) is 13.0. The van der Waals surface area contributed by atoms with Crippen LogP contribution in [-0.2, 0) is 0 Å². The van der Waals surface area contributed by atoms with Gasteiger partial charge in [0.2, 0.25) is 0 Å². The highest BCUT2D eigenvalue weighted by Gasteiger charge is 2.15. The number of nitrogens with zero attached hydrogens (tertiary/aromatic N) is 1. The molecular weight excluding hydrogens is 184 g/mol. The van der Waals surface area contributed by atoms with E-state index in [-0.39, 0.29) is 0 Å². The summed E-state index contributed by atoms with van der Waals surface area (Å²) in [6.07, 6.45) is 8.20. The zero-order chi connectivity index (χ0) is 11.1. The summed E-state index contributed by atoms with van der Waals surface area (Å²) in [6.45, 7) is 8.15. The Morgan fingerprint density at radius 3 is 2.13 bits per heavy atom. The van der Waals surface area contributed by atoms with Gasteiger partial charge in [-0.2, -0.15) is 0 Å². The molecule has 0 aliphatic carbocycles. The lowest BCUT2D eigenvalue weighted by atomic mass is 9.99. The van der Waals surface area contributed by atoms with Crippen molar-refractivity contribution in [2.45, 2.75) is 58.4 Å². The number of nitrogens with two attached hydrogens (primary N) is 1. The molecule has 0 radical (unpaired) electrons. The maximum absolute atomic E-state index is 6.21. The van der Waals surface area contributed by atoms with E-state index in [0.717, 1.165) is 6.54 Å². The van der Waals surface area contributed by atoms with Gasteiger partial charge in [0.15, 0.2) is 0 Å². The zero-order valence-electron chi connectivity index (χ0n) is 10.5. The van der Waals surface area contributed by atoms with E-state index in [4.69, 9.17) is 5.73 Å². The Balaban J connectivity index is 2.27. The Labute approximate surface area is 95.2 Å². The SMILES string of the molecule is CC[C@@H](C)[C@H](N)CN1CCCCCCC1. The monoisotopic (exact) mass is 212 g/mol. The van der Waals surface area contributed by atoms with Crippen molar-refractivity contribution in [2.24, 2.45) is 11.7 Å². The average molecular weight is 212 g/mol. The smallest absolute Gasteiger partial charge is 0.0193 e. The minimum atomic E-state index is 0.370. The molecule has 1 heterocycles. The van der Waals surface area contributed by atoms with Crippen LogP contribution in [0, 0.1) is 5.92 Å². The van der Waals surface area contributed by atoms with Crippen molar-refractivity contribution in [3.05, 3.63) is 0 Å². The summed E-state index contributed by atoms with van der Waals surface area (Å²) in [5, 5.41) is 0. The van der Waals surface area contributed by atoms with E-state index in [1.54, 1.807) is 0 Å². The maximum Gasteiger partial charge on any atom is 0.0193 e. The third kappa shape index (κ3) is 4.98. The van der Waals surface area contributed by atoms with Crippen LogP contribution in [0.3, 0.4) is 0 Å². The van der Waals surface area contributed by atoms with Gasteiger partial charge in [0.05, 0.1) is 0 Å². The second kappa shape index (κ2) is 7.24. The molecule has 0 amide bonds. The zero-order valence-corrected chi connectivity index (χ0v) is 10.5. The predicted octanol–water partition coefficient (Wildman–Crippen LogP) is 2.63. The van der Waals surface area contributed by atoms with Crippen LogP contribution < -0.4 is 5.73 Å². The number of likely N-dealkylation sites (tertiary alicyclic amines) is 1. The molecule has 0 spiro atoms. The number of hydrogen-bond acceptors (Lipinski definition) is 2. The minimum Gasteiger partial charge on any atom is -0.326 e. The topological polar surface area (TPSA) is 29.3 Å². The number of hydrogen-bond donors (Lipinski definition) is 1. The Kier molecular flexibility index (Phi) is 6.26. The minimum absolute atomic E-state index is 0.370. The molecule has 0 aromatic carbocycles. The molecule has 2 N–H and O–H groups in total. The van der Waals surface area contributed by atoms with Gasteiger partial charge in [0.1, 0.15) is 0 Å². The Bertz CT molecular complexity index is 151. The standard InChI is InChI=1S/C13H28N2/c1-3-12(2)13(14)11-15-9-7-5-4-6-8-10-15/h12-13H,3-11,14H2,1-2H3/t12-,13-/m1/s1. The van der Waals surface area contributed by atoms with Crippen molar-refractivity contribution < 1.29 is 0 Å². The molecule has 15 heavy (non-hydrogen) atoms. The summed E-state index contributed by atoms with van der Waals surface area (Å²) >= 11 is 0. The highest BCUT2D eigenvalue weighted by Crippen LogP contribution is 2.13. The summed E-state index contributed by atoms with van der Waals surface area (Å²) < 4.78 is 0. The normalized spacial score (nSPS) is 24.2. The second-order valence-corrected chi connectivity index (χ2v) is 5.12. The first-order chi connectivity index (χ1) is 7.24. The van der Waals surface area contributed by atoms with Crippen molar-refractivity contribution in [1.82, 2.24) is 4.90 Å². The van der Waals surface area contributed by atoms with Crippen LogP contribution >= 0.6 is 0 Å². The van der Waals surface area contributed by atoms with Gasteiger partial charge in [0.25, 0.3) is 0 Å². The highest BCUT2D eigenvalue weighted by atomic mass is 15.1. The molecule has 0 saturated carbocycles. The molecule has 1 rings (SSSR count). The van der Waals surface area contributed by atoms with Crippen LogP contribution in [0.15, 0.2) is 0 Å². The Hall–Kier alpha value is -0.0800. The third-order valence-corrected chi connectivity index (χ3v) is 3.79. The van der Waals surface area contributed by atoms with E-state index in [2.05, 4.69) is 18.7 Å². The van der Waals surface area contributed by atoms with Crippen LogP contribution in [0.25, 0.3) is 0 Å². The summed E-state index contributed by atoms with van der Waals surface area (Å²) in [6, 6.07) is 0.370. The van der Waals surface area contributed by atoms with E-state index >= 15 is 0 Å². The van der Waals surface area contributed by atoms with E-state index in [1.165, 1.54) is 51.6 Å². The maximum atomic E-state index is 6.21. The lowest BCUT2D eigenvalue weighted by Gasteiger charge is -2.29. The van der Waals surface area contributed by atoms with Gasteiger partial charge in [-0.3, -0.25) is 0 Å². The quantitative estimate of drug-likeness (QED) is 0.776. The fourth-order valence-corrected chi connectivity index (χ4v) is 2.28. The molecule has 0 aromatic rings. The molecule has 0 unspecified atom stereocenters. The molecule has 2 heteroatoms. The van der Waals surface area contributed by atoms with Crippen LogP contribution in [-0.4, -0.2) is 30.6 Å². The van der Waals surface area contributed by atoms with Crippen LogP contribution in [0.1, 0.15) is 52.4 Å². The number of rotatable bonds is 4. The van der Waals surface area contributed by atoms with Crippen LogP contribution in [0.2, 0.25) is 0 Å². The summed E-state index contributed by atoms with van der Waals surface area (Å²) in [5.74, 6) is 0.662. The fraction of sp³-hybridized carbons (Fsp3) is 1.00. The molecule has 0 aromatic heterocycles. The first-order valence-electron chi connectivity index (χ1n) is 6.72. The Morgan fingerprint density at radius 1 is 1.07 bits per heavy atom. The first-order valence-corrected chi connectivity index (χ1v) is 6.72. The lowest BCUT2D eigenvalue weighted by molar-refractivity contribution is 0.214. The van der Waals surface area contributed by atoms with Gasteiger partial charge in [-0.25, -0.2) is 0 Å². The lowest BCUT2D eigenvalue weighted by Crippen LogP contribution is -2.42. The van der Waals surface area contributed by atoms with Crippen molar-refractivity contribution >= 4 is 0 Å². The molecule has 1 aliphatic rings. The van der Waals surface area contributed by atoms with Crippen LogP contribution in [0.5, 0.6) is 0 Å². The van der Waals surface area contributed by atoms with E-state index in [1.807, 2.05) is 0 Å². The van der Waals surface area contributed by atoms with E-state index < -0.39 is 0 Å². The van der Waals surface area contributed by atoms with Gasteiger partial charge in [0, 0.05) is 12.6 Å². The van der Waals surface area contributed by atoms with Crippen molar-refractivity contribution in [3.63, 3.8) is 0 Å². The largest absolute Gasteiger partial charge is 0.326 e. The van der Waals surface area contributed by atoms with Gasteiger partial charge in [-0.05, 0) is 31.8 Å². The molecule has 90 valence electrons. The van der Waals surface area contributed by atoms with Gasteiger partial charge in [-0.15, -0.1) is 0 Å². The van der Waals surface area contributed by atoms with E-state index in [0.29, 0.717) is 12.0 Å². The summed E-state index contributed by atoms with van der Waals surface area (Å²) in [4.78, 5) is 2.58. The summed E-state index contributed by atoms with van der Waals surface area (Å²) in [7, 11) is 0. The van der Waals surface area contributed by atoms with Crippen LogP contribution in [0.4, 0.5) is 0 Å². The summed E-state index contributed by atoms with van der Waals surface area (Å²) in [5.41, 5.74) is 6.21. The van der Waals surface area contributed by atoms with Crippen molar-refractivity contribution in [1.29, 1.82) is 0 Å². The molecule has 1 fully saturated rings. The van der Waals surface area contributed by atoms with Gasteiger partial charge in [-0.1, -0.05) is 39.5 Å². The molecular formula is C13H28N2. The molecule has 1 aliphatic heterocycles. The highest BCUT2D eigenvalue weighted by molar-refractivity contribution is 4.74. The van der Waals surface area contributed by atoms with Gasteiger partial charge < -0.3 is 10.6 Å².